The predicted octanol–water partition coefficient (Wildman–Crippen LogP) is 1.87. The van der Waals surface area contributed by atoms with E-state index in [0.717, 1.165) is 5.56 Å². The summed E-state index contributed by atoms with van der Waals surface area (Å²) in [6.07, 6.45) is 5.54. The molecular formula is C7H6ClFN2. The molecule has 0 aliphatic carbocycles. The van der Waals surface area contributed by atoms with Gasteiger partial charge in [-0.15, -0.1) is 11.6 Å². The first kappa shape index (κ1) is 8.14. The predicted molar refractivity (Wildman–Crippen MR) is 41.7 cm³/mol. The maximum Gasteiger partial charge on any atom is 0.308 e. The molecule has 1 rings (SSSR count). The van der Waals surface area contributed by atoms with Crippen LogP contribution in [0.15, 0.2) is 18.5 Å². The maximum atomic E-state index is 12.1. The van der Waals surface area contributed by atoms with Crippen molar-refractivity contribution >= 4 is 17.7 Å². The Morgan fingerprint density at radius 3 is 2.64 bits per heavy atom. The van der Waals surface area contributed by atoms with Gasteiger partial charge in [-0.25, -0.2) is 9.97 Å². The van der Waals surface area contributed by atoms with Crippen LogP contribution in [0.25, 0.3) is 6.08 Å². The number of allylic oxidation sites excluding steroid dienone is 1. The number of nitrogens with zero attached hydrogens (tertiary/aromatic N) is 2. The molecule has 2 nitrogen and oxygen atoms in total. The number of halogens is 2. The topological polar surface area (TPSA) is 25.8 Å². The van der Waals surface area contributed by atoms with E-state index in [4.69, 9.17) is 11.6 Å². The standard InChI is InChI=1S/C7H6ClFN2/c8-3-1-2-6-4-10-7(9)11-5-6/h1-2,4-5H,3H2. The monoisotopic (exact) mass is 172 g/mol. The molecule has 0 N–H and O–H groups in total. The third-order valence-corrected chi connectivity index (χ3v) is 1.22. The van der Waals surface area contributed by atoms with Gasteiger partial charge >= 0.3 is 6.08 Å². The fourth-order valence-corrected chi connectivity index (χ4v) is 0.678. The van der Waals surface area contributed by atoms with Gasteiger partial charge in [-0.1, -0.05) is 12.2 Å². The van der Waals surface area contributed by atoms with Crippen LogP contribution in [-0.2, 0) is 0 Å². The first-order chi connectivity index (χ1) is 5.33. The quantitative estimate of drug-likeness (QED) is 0.503. The van der Waals surface area contributed by atoms with E-state index in [0.29, 0.717) is 5.88 Å². The Labute approximate surface area is 68.7 Å². The second kappa shape index (κ2) is 4.03. The molecule has 0 saturated carbocycles. The van der Waals surface area contributed by atoms with E-state index in [9.17, 15) is 4.39 Å². The number of hydrogen-bond acceptors (Lipinski definition) is 2. The van der Waals surface area contributed by atoms with Crippen LogP contribution in [0.1, 0.15) is 5.56 Å². The summed E-state index contributed by atoms with van der Waals surface area (Å²) in [5.41, 5.74) is 0.743. The normalized spacial score (nSPS) is 10.7. The van der Waals surface area contributed by atoms with E-state index in [1.807, 2.05) is 0 Å². The highest BCUT2D eigenvalue weighted by atomic mass is 35.5. The van der Waals surface area contributed by atoms with Crippen molar-refractivity contribution in [2.45, 2.75) is 0 Å². The second-order valence-electron chi connectivity index (χ2n) is 1.84. The van der Waals surface area contributed by atoms with Crippen LogP contribution in [0.2, 0.25) is 0 Å². The third kappa shape index (κ3) is 2.63. The number of hydrogen-bond donors (Lipinski definition) is 0. The summed E-state index contributed by atoms with van der Waals surface area (Å²) in [7, 11) is 0. The summed E-state index contributed by atoms with van der Waals surface area (Å²) >= 11 is 5.38. The molecule has 0 saturated heterocycles. The zero-order valence-corrected chi connectivity index (χ0v) is 6.42. The molecule has 4 heteroatoms. The minimum absolute atomic E-state index is 0.428. The summed E-state index contributed by atoms with van der Waals surface area (Å²) in [5.74, 6) is 0.428. The van der Waals surface area contributed by atoms with Gasteiger partial charge in [0.05, 0.1) is 0 Å². The van der Waals surface area contributed by atoms with E-state index < -0.39 is 6.08 Å². The van der Waals surface area contributed by atoms with Gasteiger partial charge in [0.1, 0.15) is 0 Å². The Balaban J connectivity index is 2.73. The van der Waals surface area contributed by atoms with Gasteiger partial charge in [0.15, 0.2) is 0 Å². The molecule has 0 radical (unpaired) electrons. The molecule has 0 bridgehead atoms. The fraction of sp³-hybridized carbons (Fsp3) is 0.143. The fourth-order valence-electron chi connectivity index (χ4n) is 0.589. The molecule has 1 aromatic heterocycles. The molecule has 11 heavy (non-hydrogen) atoms. The van der Waals surface area contributed by atoms with E-state index in [2.05, 4.69) is 9.97 Å². The molecule has 0 spiro atoms. The van der Waals surface area contributed by atoms with E-state index >= 15 is 0 Å². The minimum atomic E-state index is -0.715. The van der Waals surface area contributed by atoms with Gasteiger partial charge < -0.3 is 0 Å². The van der Waals surface area contributed by atoms with Crippen molar-refractivity contribution in [2.24, 2.45) is 0 Å². The lowest BCUT2D eigenvalue weighted by atomic mass is 10.3. The van der Waals surface area contributed by atoms with Crippen LogP contribution < -0.4 is 0 Å². The number of rotatable bonds is 2. The molecule has 58 valence electrons. The summed E-state index contributed by atoms with van der Waals surface area (Å²) in [4.78, 5) is 6.72. The van der Waals surface area contributed by atoms with E-state index in [-0.39, 0.29) is 0 Å². The maximum absolute atomic E-state index is 12.1. The molecular weight excluding hydrogens is 167 g/mol. The van der Waals surface area contributed by atoms with Crippen LogP contribution in [0.5, 0.6) is 0 Å². The molecule has 1 aromatic rings. The zero-order valence-electron chi connectivity index (χ0n) is 5.67. The molecule has 0 amide bonds. The smallest absolute Gasteiger partial charge is 0.210 e. The highest BCUT2D eigenvalue weighted by Crippen LogP contribution is 1.98. The SMILES string of the molecule is Fc1ncc(C=CCCl)cn1. The second-order valence-corrected chi connectivity index (χ2v) is 2.15. The van der Waals surface area contributed by atoms with Crippen molar-refractivity contribution in [3.8, 4) is 0 Å². The lowest BCUT2D eigenvalue weighted by Gasteiger charge is -1.89. The first-order valence-electron chi connectivity index (χ1n) is 3.03. The highest BCUT2D eigenvalue weighted by molar-refractivity contribution is 6.19. The van der Waals surface area contributed by atoms with Crippen LogP contribution in [0.4, 0.5) is 4.39 Å². The van der Waals surface area contributed by atoms with E-state index in [1.54, 1.807) is 12.2 Å². The Bertz CT molecular complexity index is 245. The highest BCUT2D eigenvalue weighted by Gasteiger charge is 1.89. The summed E-state index contributed by atoms with van der Waals surface area (Å²) in [6, 6.07) is 0. The Hall–Kier alpha value is -0.960. The first-order valence-corrected chi connectivity index (χ1v) is 3.56. The van der Waals surface area contributed by atoms with Gasteiger partial charge in [0.2, 0.25) is 0 Å². The summed E-state index contributed by atoms with van der Waals surface area (Å²) in [6.45, 7) is 0. The van der Waals surface area contributed by atoms with Gasteiger partial charge in [-0.05, 0) is 0 Å². The van der Waals surface area contributed by atoms with Crippen molar-refractivity contribution < 1.29 is 4.39 Å². The van der Waals surface area contributed by atoms with Crippen LogP contribution in [0.3, 0.4) is 0 Å². The molecule has 0 aromatic carbocycles. The van der Waals surface area contributed by atoms with Crippen LogP contribution in [-0.4, -0.2) is 15.8 Å². The van der Waals surface area contributed by atoms with Crippen molar-refractivity contribution in [3.05, 3.63) is 30.1 Å². The number of alkyl halides is 1. The van der Waals surface area contributed by atoms with Gasteiger partial charge in [-0.2, -0.15) is 4.39 Å². The minimum Gasteiger partial charge on any atom is -0.210 e. The van der Waals surface area contributed by atoms with Gasteiger partial charge in [0, 0.05) is 23.8 Å². The van der Waals surface area contributed by atoms with Crippen LogP contribution in [0, 0.1) is 6.08 Å². The van der Waals surface area contributed by atoms with Crippen molar-refractivity contribution in [1.29, 1.82) is 0 Å². The largest absolute Gasteiger partial charge is 0.308 e. The Morgan fingerprint density at radius 2 is 2.09 bits per heavy atom. The molecule has 0 fully saturated rings. The molecule has 0 unspecified atom stereocenters. The van der Waals surface area contributed by atoms with Gasteiger partial charge in [-0.3, -0.25) is 0 Å². The number of aromatic nitrogens is 2. The molecule has 0 aliphatic rings. The average Bonchev–Trinajstić information content (AvgIpc) is 2.04. The van der Waals surface area contributed by atoms with Gasteiger partial charge in [0.25, 0.3) is 0 Å². The third-order valence-electron chi connectivity index (χ3n) is 1.04. The lowest BCUT2D eigenvalue weighted by molar-refractivity contribution is 0.538. The zero-order chi connectivity index (χ0) is 8.10. The summed E-state index contributed by atoms with van der Waals surface area (Å²) in [5, 5.41) is 0. The molecule has 0 atom stereocenters. The Kier molecular flexibility index (Phi) is 2.98. The Morgan fingerprint density at radius 1 is 1.45 bits per heavy atom. The van der Waals surface area contributed by atoms with E-state index in [1.165, 1.54) is 12.4 Å². The summed E-state index contributed by atoms with van der Waals surface area (Å²) < 4.78 is 12.1. The molecule has 1 heterocycles. The van der Waals surface area contributed by atoms with Crippen molar-refractivity contribution in [1.82, 2.24) is 9.97 Å². The van der Waals surface area contributed by atoms with Crippen molar-refractivity contribution in [2.75, 3.05) is 5.88 Å². The van der Waals surface area contributed by atoms with Crippen LogP contribution >= 0.6 is 11.6 Å². The lowest BCUT2D eigenvalue weighted by Crippen LogP contribution is -1.87. The average molecular weight is 173 g/mol. The van der Waals surface area contributed by atoms with Crippen molar-refractivity contribution in [3.63, 3.8) is 0 Å². The molecule has 0 aliphatic heterocycles.